The maximum atomic E-state index is 5.76. The van der Waals surface area contributed by atoms with Gasteiger partial charge in [0.15, 0.2) is 5.96 Å². The van der Waals surface area contributed by atoms with Crippen LogP contribution >= 0.6 is 24.0 Å². The number of pyridine rings is 1. The Morgan fingerprint density at radius 1 is 1.10 bits per heavy atom. The molecule has 0 unspecified atom stereocenters. The predicted octanol–water partition coefficient (Wildman–Crippen LogP) is 4.35. The minimum atomic E-state index is 0. The number of furan rings is 1. The van der Waals surface area contributed by atoms with E-state index in [-0.39, 0.29) is 24.0 Å². The lowest BCUT2D eigenvalue weighted by Crippen LogP contribution is -2.36. The van der Waals surface area contributed by atoms with Gasteiger partial charge in [0.2, 0.25) is 5.88 Å². The van der Waals surface area contributed by atoms with Gasteiger partial charge >= 0.3 is 0 Å². The normalized spacial score (nSPS) is 10.8. The molecule has 0 aliphatic rings. The molecule has 154 valence electrons. The highest BCUT2D eigenvalue weighted by atomic mass is 127. The zero-order valence-corrected chi connectivity index (χ0v) is 18.8. The number of rotatable bonds is 8. The van der Waals surface area contributed by atoms with Crippen LogP contribution in [0.2, 0.25) is 0 Å². The lowest BCUT2D eigenvalue weighted by Gasteiger charge is -2.10. The summed E-state index contributed by atoms with van der Waals surface area (Å²) in [6.45, 7) is 3.87. The van der Waals surface area contributed by atoms with Gasteiger partial charge in [0.1, 0.15) is 17.3 Å². The Balaban J connectivity index is 0.00000300. The van der Waals surface area contributed by atoms with Crippen LogP contribution in [0.15, 0.2) is 70.4 Å². The molecule has 0 aliphatic heterocycles. The molecule has 0 atom stereocenters. The van der Waals surface area contributed by atoms with Gasteiger partial charge in [-0.05, 0) is 36.8 Å². The zero-order chi connectivity index (χ0) is 19.6. The lowest BCUT2D eigenvalue weighted by atomic mass is 10.3. The Labute approximate surface area is 187 Å². The maximum Gasteiger partial charge on any atom is 0.219 e. The number of guanidine groups is 1. The number of nitrogens with zero attached hydrogens (tertiary/aromatic N) is 2. The summed E-state index contributed by atoms with van der Waals surface area (Å²) in [6, 6.07) is 15.0. The van der Waals surface area contributed by atoms with Crippen LogP contribution < -0.4 is 20.1 Å². The van der Waals surface area contributed by atoms with Gasteiger partial charge in [0.05, 0.1) is 26.5 Å². The molecular formula is C21H25IN4O3. The number of ether oxygens (including phenoxy) is 2. The fraction of sp³-hybridized carbons (Fsp3) is 0.238. The van der Waals surface area contributed by atoms with Crippen LogP contribution in [0.3, 0.4) is 0 Å². The first-order chi connectivity index (χ1) is 13.8. The second-order valence-electron chi connectivity index (χ2n) is 5.91. The summed E-state index contributed by atoms with van der Waals surface area (Å²) in [5.41, 5.74) is 0.980. The topological polar surface area (TPSA) is 80.9 Å². The van der Waals surface area contributed by atoms with Crippen molar-refractivity contribution in [1.82, 2.24) is 15.6 Å². The molecule has 0 saturated heterocycles. The van der Waals surface area contributed by atoms with Crippen molar-refractivity contribution in [2.24, 2.45) is 4.99 Å². The van der Waals surface area contributed by atoms with Crippen molar-refractivity contribution in [2.75, 3.05) is 13.7 Å². The van der Waals surface area contributed by atoms with Gasteiger partial charge in [-0.25, -0.2) is 9.98 Å². The van der Waals surface area contributed by atoms with E-state index in [0.717, 1.165) is 29.6 Å². The number of benzene rings is 1. The van der Waals surface area contributed by atoms with Gasteiger partial charge in [0, 0.05) is 24.9 Å². The Kier molecular flexibility index (Phi) is 9.29. The Morgan fingerprint density at radius 3 is 2.66 bits per heavy atom. The molecule has 0 radical (unpaired) electrons. The van der Waals surface area contributed by atoms with E-state index in [9.17, 15) is 0 Å². The van der Waals surface area contributed by atoms with E-state index in [0.29, 0.717) is 24.7 Å². The summed E-state index contributed by atoms with van der Waals surface area (Å²) in [5.74, 6) is 3.50. The van der Waals surface area contributed by atoms with E-state index in [1.807, 2.05) is 55.5 Å². The summed E-state index contributed by atoms with van der Waals surface area (Å²) in [7, 11) is 1.62. The smallest absolute Gasteiger partial charge is 0.219 e. The third-order valence-electron chi connectivity index (χ3n) is 3.84. The molecular weight excluding hydrogens is 483 g/mol. The highest BCUT2D eigenvalue weighted by Gasteiger charge is 2.03. The van der Waals surface area contributed by atoms with Gasteiger partial charge in [-0.15, -0.1) is 24.0 Å². The van der Waals surface area contributed by atoms with Crippen molar-refractivity contribution >= 4 is 29.9 Å². The minimum absolute atomic E-state index is 0. The Morgan fingerprint density at radius 2 is 1.97 bits per heavy atom. The second-order valence-corrected chi connectivity index (χ2v) is 5.91. The number of nitrogens with one attached hydrogen (secondary N) is 2. The number of methoxy groups -OCH3 is 1. The molecule has 8 heteroatoms. The van der Waals surface area contributed by atoms with Crippen molar-refractivity contribution in [1.29, 1.82) is 0 Å². The van der Waals surface area contributed by atoms with Crippen LogP contribution in [0.5, 0.6) is 17.4 Å². The lowest BCUT2D eigenvalue weighted by molar-refractivity contribution is 0.407. The molecule has 3 aromatic rings. The number of hydrogen-bond acceptors (Lipinski definition) is 5. The zero-order valence-electron chi connectivity index (χ0n) is 16.4. The van der Waals surface area contributed by atoms with Gasteiger partial charge in [-0.3, -0.25) is 0 Å². The van der Waals surface area contributed by atoms with E-state index >= 15 is 0 Å². The number of hydrogen-bond donors (Lipinski definition) is 2. The van der Waals surface area contributed by atoms with E-state index in [1.54, 1.807) is 19.6 Å². The quantitative estimate of drug-likeness (QED) is 0.268. The molecule has 0 amide bonds. The van der Waals surface area contributed by atoms with Crippen molar-refractivity contribution in [3.05, 3.63) is 72.3 Å². The number of halogens is 1. The first kappa shape index (κ1) is 22.5. The third kappa shape index (κ3) is 7.30. The summed E-state index contributed by atoms with van der Waals surface area (Å²) >= 11 is 0. The Bertz CT molecular complexity index is 883. The largest absolute Gasteiger partial charge is 0.497 e. The highest BCUT2D eigenvalue weighted by Crippen LogP contribution is 2.23. The van der Waals surface area contributed by atoms with Crippen LogP contribution in [-0.2, 0) is 13.1 Å². The molecule has 0 fully saturated rings. The fourth-order valence-corrected chi connectivity index (χ4v) is 2.45. The van der Waals surface area contributed by atoms with Crippen LogP contribution in [-0.4, -0.2) is 24.6 Å². The summed E-state index contributed by atoms with van der Waals surface area (Å²) in [4.78, 5) is 8.93. The molecule has 0 bridgehead atoms. The molecule has 0 aliphatic carbocycles. The standard InChI is InChI=1S/C21H24N4O3.HI/c1-3-22-21(25-15-19-8-5-11-27-19)24-14-16-9-10-20(23-13-16)28-18-7-4-6-17(12-18)26-2;/h4-13H,3,14-15H2,1-2H3,(H2,22,24,25);1H. The monoisotopic (exact) mass is 508 g/mol. The average molecular weight is 508 g/mol. The summed E-state index contributed by atoms with van der Waals surface area (Å²) in [5, 5.41) is 6.45. The van der Waals surface area contributed by atoms with Crippen molar-refractivity contribution in [3.8, 4) is 17.4 Å². The molecule has 29 heavy (non-hydrogen) atoms. The van der Waals surface area contributed by atoms with Crippen LogP contribution in [0.4, 0.5) is 0 Å². The molecule has 1 aromatic carbocycles. The fourth-order valence-electron chi connectivity index (χ4n) is 2.45. The van der Waals surface area contributed by atoms with Crippen LogP contribution in [0.1, 0.15) is 18.2 Å². The maximum absolute atomic E-state index is 5.76. The molecule has 2 aromatic heterocycles. The number of aromatic nitrogens is 1. The summed E-state index contributed by atoms with van der Waals surface area (Å²) in [6.07, 6.45) is 3.41. The van der Waals surface area contributed by atoms with E-state index in [1.165, 1.54) is 0 Å². The summed E-state index contributed by atoms with van der Waals surface area (Å²) < 4.78 is 16.3. The first-order valence-electron chi connectivity index (χ1n) is 9.08. The first-order valence-corrected chi connectivity index (χ1v) is 9.08. The third-order valence-corrected chi connectivity index (χ3v) is 3.84. The molecule has 2 heterocycles. The molecule has 3 rings (SSSR count). The minimum Gasteiger partial charge on any atom is -0.497 e. The van der Waals surface area contributed by atoms with Gasteiger partial charge in [0.25, 0.3) is 0 Å². The van der Waals surface area contributed by atoms with E-state index in [4.69, 9.17) is 13.9 Å². The highest BCUT2D eigenvalue weighted by molar-refractivity contribution is 14.0. The van der Waals surface area contributed by atoms with Crippen LogP contribution in [0.25, 0.3) is 0 Å². The van der Waals surface area contributed by atoms with Gasteiger partial charge in [-0.2, -0.15) is 0 Å². The van der Waals surface area contributed by atoms with Crippen LogP contribution in [0, 0.1) is 0 Å². The molecule has 0 saturated carbocycles. The molecule has 2 N–H and O–H groups in total. The molecule has 0 spiro atoms. The van der Waals surface area contributed by atoms with Crippen molar-refractivity contribution < 1.29 is 13.9 Å². The van der Waals surface area contributed by atoms with Gasteiger partial charge < -0.3 is 24.5 Å². The number of aliphatic imine (C=N–C) groups is 1. The van der Waals surface area contributed by atoms with Gasteiger partial charge in [-0.1, -0.05) is 12.1 Å². The van der Waals surface area contributed by atoms with E-state index < -0.39 is 0 Å². The van der Waals surface area contributed by atoms with Crippen molar-refractivity contribution in [3.63, 3.8) is 0 Å². The average Bonchev–Trinajstić information content (AvgIpc) is 3.25. The van der Waals surface area contributed by atoms with Crippen molar-refractivity contribution in [2.45, 2.75) is 20.0 Å². The molecule has 7 nitrogen and oxygen atoms in total. The Hall–Kier alpha value is -2.75. The second kappa shape index (κ2) is 11.9. The predicted molar refractivity (Wildman–Crippen MR) is 123 cm³/mol. The van der Waals surface area contributed by atoms with E-state index in [2.05, 4.69) is 20.6 Å². The SMILES string of the molecule is CCNC(=NCc1ccc(Oc2cccc(OC)c2)nc1)NCc1ccco1.I.